The molecule has 1 heterocycles. The Bertz CT molecular complexity index is 735. The van der Waals surface area contributed by atoms with E-state index in [0.29, 0.717) is 5.57 Å². The van der Waals surface area contributed by atoms with Gasteiger partial charge in [0.25, 0.3) is 0 Å². The first-order valence-corrected chi connectivity index (χ1v) is 7.10. The number of carboxylic acid groups (broad SMARTS) is 1. The Labute approximate surface area is 120 Å². The molecular formula is C16H11NO2S. The fourth-order valence-electron chi connectivity index (χ4n) is 2.48. The van der Waals surface area contributed by atoms with Crippen molar-refractivity contribution in [2.75, 3.05) is 0 Å². The number of allylic oxidation sites excluding steroid dienone is 4. The molecule has 4 heteroatoms. The van der Waals surface area contributed by atoms with Crippen molar-refractivity contribution < 1.29 is 9.90 Å². The highest BCUT2D eigenvalue weighted by Gasteiger charge is 2.29. The second-order valence-electron chi connectivity index (χ2n) is 4.53. The topological polar surface area (TPSA) is 61.1 Å². The highest BCUT2D eigenvalue weighted by Crippen LogP contribution is 2.49. The Morgan fingerprint density at radius 2 is 2.00 bits per heavy atom. The Morgan fingerprint density at radius 3 is 2.75 bits per heavy atom. The first-order chi connectivity index (χ1) is 9.72. The molecule has 0 radical (unpaired) electrons. The molecule has 3 nitrogen and oxygen atoms in total. The molecule has 20 heavy (non-hydrogen) atoms. The van der Waals surface area contributed by atoms with Crippen LogP contribution in [0.15, 0.2) is 57.4 Å². The molecule has 1 aliphatic carbocycles. The highest BCUT2D eigenvalue weighted by atomic mass is 32.2. The summed E-state index contributed by atoms with van der Waals surface area (Å²) in [6.07, 6.45) is 5.99. The molecule has 0 amide bonds. The van der Waals surface area contributed by atoms with Crippen molar-refractivity contribution in [3.8, 4) is 6.07 Å². The first kappa shape index (κ1) is 12.8. The molecule has 0 spiro atoms. The zero-order chi connectivity index (χ0) is 14.1. The molecule has 2 aliphatic rings. The number of rotatable bonds is 1. The summed E-state index contributed by atoms with van der Waals surface area (Å²) in [5.74, 6) is -1.17. The Morgan fingerprint density at radius 1 is 1.25 bits per heavy atom. The van der Waals surface area contributed by atoms with Crippen molar-refractivity contribution in [3.63, 3.8) is 0 Å². The maximum Gasteiger partial charge on any atom is 0.347 e. The van der Waals surface area contributed by atoms with Gasteiger partial charge in [-0.15, -0.1) is 0 Å². The molecule has 0 fully saturated rings. The third-order valence-corrected chi connectivity index (χ3v) is 4.51. The lowest BCUT2D eigenvalue weighted by molar-refractivity contribution is -0.132. The third kappa shape index (κ3) is 1.97. The van der Waals surface area contributed by atoms with Crippen molar-refractivity contribution in [2.45, 2.75) is 17.7 Å². The van der Waals surface area contributed by atoms with Gasteiger partial charge in [0.2, 0.25) is 0 Å². The lowest BCUT2D eigenvalue weighted by Gasteiger charge is -2.26. The van der Waals surface area contributed by atoms with Crippen molar-refractivity contribution in [1.29, 1.82) is 5.26 Å². The van der Waals surface area contributed by atoms with Gasteiger partial charge in [-0.2, -0.15) is 5.26 Å². The van der Waals surface area contributed by atoms with Crippen LogP contribution >= 0.6 is 11.8 Å². The fraction of sp³-hybridized carbons (Fsp3) is 0.125. The Balaban J connectivity index is 2.35. The fourth-order valence-corrected chi connectivity index (χ4v) is 3.64. The number of aliphatic carboxylic acids is 1. The van der Waals surface area contributed by atoms with E-state index in [0.717, 1.165) is 33.8 Å². The van der Waals surface area contributed by atoms with Crippen LogP contribution in [-0.4, -0.2) is 11.1 Å². The largest absolute Gasteiger partial charge is 0.477 e. The zero-order valence-corrected chi connectivity index (χ0v) is 11.4. The van der Waals surface area contributed by atoms with Crippen LogP contribution in [-0.2, 0) is 4.79 Å². The maximum atomic E-state index is 11.4. The van der Waals surface area contributed by atoms with Crippen LogP contribution in [0.2, 0.25) is 0 Å². The number of nitrogens with zero attached hydrogens (tertiary/aromatic N) is 1. The van der Waals surface area contributed by atoms with Crippen LogP contribution in [0.5, 0.6) is 0 Å². The normalized spacial score (nSPS) is 18.9. The highest BCUT2D eigenvalue weighted by molar-refractivity contribution is 8.03. The second kappa shape index (κ2) is 5.03. The van der Waals surface area contributed by atoms with E-state index >= 15 is 0 Å². The predicted molar refractivity (Wildman–Crippen MR) is 77.9 cm³/mol. The van der Waals surface area contributed by atoms with Crippen molar-refractivity contribution in [1.82, 2.24) is 0 Å². The Hall–Kier alpha value is -2.25. The van der Waals surface area contributed by atoms with E-state index in [4.69, 9.17) is 0 Å². The van der Waals surface area contributed by atoms with E-state index in [2.05, 4.69) is 6.08 Å². The van der Waals surface area contributed by atoms with Crippen LogP contribution in [0.1, 0.15) is 18.4 Å². The molecule has 1 N–H and O–H groups in total. The summed E-state index contributed by atoms with van der Waals surface area (Å²) in [6, 6.07) is 9.48. The van der Waals surface area contributed by atoms with E-state index in [-0.39, 0.29) is 5.57 Å². The minimum atomic E-state index is -1.17. The van der Waals surface area contributed by atoms with Gasteiger partial charge in [-0.25, -0.2) is 4.79 Å². The molecule has 0 bridgehead atoms. The summed E-state index contributed by atoms with van der Waals surface area (Å²) in [6.45, 7) is 0. The molecule has 1 aromatic rings. The van der Waals surface area contributed by atoms with E-state index in [1.54, 1.807) is 11.8 Å². The molecule has 0 saturated heterocycles. The van der Waals surface area contributed by atoms with Gasteiger partial charge < -0.3 is 5.11 Å². The minimum Gasteiger partial charge on any atom is -0.477 e. The van der Waals surface area contributed by atoms with Gasteiger partial charge in [0.15, 0.2) is 0 Å². The molecule has 0 unspecified atom stereocenters. The second-order valence-corrected chi connectivity index (χ2v) is 5.61. The number of hydrogen-bond acceptors (Lipinski definition) is 3. The molecule has 0 aromatic heterocycles. The summed E-state index contributed by atoms with van der Waals surface area (Å²) in [4.78, 5) is 13.4. The summed E-state index contributed by atoms with van der Waals surface area (Å²) in [5.41, 5.74) is 2.10. The van der Waals surface area contributed by atoms with Crippen LogP contribution in [0, 0.1) is 11.3 Å². The number of carbonyl (C=O) groups is 1. The predicted octanol–water partition coefficient (Wildman–Crippen LogP) is 3.76. The lowest BCUT2D eigenvalue weighted by atomic mass is 9.89. The summed E-state index contributed by atoms with van der Waals surface area (Å²) in [5, 5.41) is 18.5. The minimum absolute atomic E-state index is 0.184. The zero-order valence-electron chi connectivity index (χ0n) is 10.6. The van der Waals surface area contributed by atoms with Crippen molar-refractivity contribution >= 4 is 23.3 Å². The lowest BCUT2D eigenvalue weighted by Crippen LogP contribution is -2.10. The van der Waals surface area contributed by atoms with Gasteiger partial charge in [-0.3, -0.25) is 0 Å². The number of hydrogen-bond donors (Lipinski definition) is 1. The van der Waals surface area contributed by atoms with Crippen LogP contribution in [0.4, 0.5) is 0 Å². The summed E-state index contributed by atoms with van der Waals surface area (Å²) < 4.78 is 0. The Kier molecular flexibility index (Phi) is 3.21. The van der Waals surface area contributed by atoms with Gasteiger partial charge in [-0.05, 0) is 30.0 Å². The molecular weight excluding hydrogens is 270 g/mol. The number of carboxylic acids is 1. The van der Waals surface area contributed by atoms with Gasteiger partial charge >= 0.3 is 5.97 Å². The smallest absolute Gasteiger partial charge is 0.347 e. The van der Waals surface area contributed by atoms with Gasteiger partial charge in [0.05, 0.1) is 0 Å². The van der Waals surface area contributed by atoms with Crippen LogP contribution in [0.25, 0.3) is 5.57 Å². The van der Waals surface area contributed by atoms with E-state index in [9.17, 15) is 15.2 Å². The quantitative estimate of drug-likeness (QED) is 0.629. The van der Waals surface area contributed by atoms with Crippen molar-refractivity contribution in [3.05, 3.63) is 58.0 Å². The van der Waals surface area contributed by atoms with Gasteiger partial charge in [-0.1, -0.05) is 42.1 Å². The van der Waals surface area contributed by atoms with E-state index < -0.39 is 5.97 Å². The average molecular weight is 281 g/mol. The number of thioether (sulfide) groups is 1. The standard InChI is InChI=1S/C16H11NO2S/c17-9-12(16(18)19)15-10-5-1-3-7-13(10)20-14-8-4-2-6-11(14)15/h1,3,5-8H,2,4H2,(H,18,19)/b15-12+. The van der Waals surface area contributed by atoms with Crippen molar-refractivity contribution in [2.24, 2.45) is 0 Å². The number of nitriles is 1. The summed E-state index contributed by atoms with van der Waals surface area (Å²) in [7, 11) is 0. The average Bonchev–Trinajstić information content (AvgIpc) is 2.47. The molecule has 0 atom stereocenters. The third-order valence-electron chi connectivity index (χ3n) is 3.33. The van der Waals surface area contributed by atoms with Crippen LogP contribution < -0.4 is 0 Å². The van der Waals surface area contributed by atoms with E-state index in [1.165, 1.54) is 0 Å². The maximum absolute atomic E-state index is 11.4. The van der Waals surface area contributed by atoms with Gasteiger partial charge in [0.1, 0.15) is 11.6 Å². The number of fused-ring (bicyclic) bond motifs is 2. The van der Waals surface area contributed by atoms with Crippen LogP contribution in [0.3, 0.4) is 0 Å². The SMILES string of the molecule is N#C/C(C(=O)O)=C1\C2=CCCC=C2Sc2ccccc21. The number of benzene rings is 1. The first-order valence-electron chi connectivity index (χ1n) is 6.28. The molecule has 0 saturated carbocycles. The molecule has 3 rings (SSSR count). The summed E-state index contributed by atoms with van der Waals surface area (Å²) >= 11 is 1.64. The monoisotopic (exact) mass is 281 g/mol. The van der Waals surface area contributed by atoms with Gasteiger partial charge in [0, 0.05) is 15.4 Å². The molecule has 1 aromatic carbocycles. The van der Waals surface area contributed by atoms with E-state index in [1.807, 2.05) is 36.4 Å². The molecule has 1 aliphatic heterocycles. The molecule has 98 valence electrons.